The molecule has 1 aliphatic carbocycles. The molecule has 1 amide bonds. The molecule has 0 aromatic heterocycles. The molecule has 0 N–H and O–H groups in total. The van der Waals surface area contributed by atoms with Gasteiger partial charge in [-0.15, -0.1) is 0 Å². The number of hydrogen-bond donors (Lipinski definition) is 0. The number of allylic oxidation sites excluding steroid dienone is 2. The van der Waals surface area contributed by atoms with E-state index in [0.717, 1.165) is 12.0 Å². The second kappa shape index (κ2) is 6.79. The summed E-state index contributed by atoms with van der Waals surface area (Å²) in [6, 6.07) is 9.77. The minimum atomic E-state index is -0.761. The fourth-order valence-electron chi connectivity index (χ4n) is 4.62. The maximum Gasteiger partial charge on any atom is 0.319 e. The number of hydrogen-bond acceptors (Lipinski definition) is 4. The first-order valence-corrected chi connectivity index (χ1v) is 9.73. The quantitative estimate of drug-likeness (QED) is 0.455. The van der Waals surface area contributed by atoms with E-state index in [1.807, 2.05) is 56.0 Å². The number of carbonyl (C=O) groups excluding carboxylic acids is 2. The highest BCUT2D eigenvalue weighted by atomic mass is 16.6. The van der Waals surface area contributed by atoms with Gasteiger partial charge in [-0.25, -0.2) is 0 Å². The Hall–Kier alpha value is -2.14. The molecular weight excluding hydrogens is 342 g/mol. The Kier molecular flexibility index (Phi) is 4.58. The lowest BCUT2D eigenvalue weighted by atomic mass is 9.70. The predicted octanol–water partition coefficient (Wildman–Crippen LogP) is 3.47. The lowest BCUT2D eigenvalue weighted by Crippen LogP contribution is -2.58. The van der Waals surface area contributed by atoms with Gasteiger partial charge < -0.3 is 14.4 Å². The first kappa shape index (κ1) is 18.2. The van der Waals surface area contributed by atoms with E-state index in [1.54, 1.807) is 0 Å². The summed E-state index contributed by atoms with van der Waals surface area (Å²) in [5.74, 6) is -1.26. The summed E-state index contributed by atoms with van der Waals surface area (Å²) in [7, 11) is 0. The van der Waals surface area contributed by atoms with Crippen molar-refractivity contribution < 1.29 is 19.1 Å². The van der Waals surface area contributed by atoms with Crippen molar-refractivity contribution in [2.45, 2.75) is 51.5 Å². The van der Waals surface area contributed by atoms with Crippen molar-refractivity contribution in [3.8, 4) is 0 Å². The number of benzene rings is 1. The zero-order valence-corrected chi connectivity index (χ0v) is 16.1. The van der Waals surface area contributed by atoms with Crippen molar-refractivity contribution in [1.82, 2.24) is 4.90 Å². The predicted molar refractivity (Wildman–Crippen MR) is 100 cm³/mol. The zero-order valence-electron chi connectivity index (χ0n) is 16.1. The van der Waals surface area contributed by atoms with Crippen LogP contribution >= 0.6 is 0 Å². The van der Waals surface area contributed by atoms with E-state index < -0.39 is 17.5 Å². The molecular formula is C22H27NO4. The lowest BCUT2D eigenvalue weighted by Gasteiger charge is -2.46. The van der Waals surface area contributed by atoms with Gasteiger partial charge in [-0.05, 0) is 45.1 Å². The van der Waals surface area contributed by atoms with Crippen molar-refractivity contribution in [2.24, 2.45) is 17.8 Å². The third-order valence-electron chi connectivity index (χ3n) is 5.73. The molecule has 5 heteroatoms. The Balaban J connectivity index is 1.69. The second-order valence-corrected chi connectivity index (χ2v) is 8.68. The van der Waals surface area contributed by atoms with Crippen molar-refractivity contribution in [1.29, 1.82) is 0 Å². The summed E-state index contributed by atoms with van der Waals surface area (Å²) in [6.07, 6.45) is 5.48. The maximum atomic E-state index is 13.5. The Labute approximate surface area is 160 Å². The van der Waals surface area contributed by atoms with E-state index in [9.17, 15) is 9.59 Å². The van der Waals surface area contributed by atoms with E-state index in [4.69, 9.17) is 9.47 Å². The third-order valence-corrected chi connectivity index (χ3v) is 5.73. The molecule has 2 aliphatic heterocycles. The maximum absolute atomic E-state index is 13.5. The standard InChI is InChI=1S/C22H27NO4/c1-22(2,3)27-21(25)18-15-11-7-8-12-16(15)20-23(19(18)24)17(13-26-20)14-9-5-4-6-10-14/h4-10,15-18,20H,11-13H2,1-3H3/t15-,16+,17+,18?,20-/m1/s1. The van der Waals surface area contributed by atoms with Crippen LogP contribution in [0.15, 0.2) is 42.5 Å². The van der Waals surface area contributed by atoms with Crippen LogP contribution in [-0.4, -0.2) is 35.2 Å². The van der Waals surface area contributed by atoms with Gasteiger partial charge in [0.2, 0.25) is 5.91 Å². The first-order valence-electron chi connectivity index (χ1n) is 9.73. The first-order chi connectivity index (χ1) is 12.9. The molecule has 0 saturated carbocycles. The van der Waals surface area contributed by atoms with Crippen LogP contribution in [-0.2, 0) is 19.1 Å². The SMILES string of the molecule is CC(C)(C)OC(=O)C1C(=O)N2[C@H](OC[C@H]2c2ccccc2)[C@H]2CC=CC[C@@H]12. The van der Waals surface area contributed by atoms with E-state index in [2.05, 4.69) is 12.2 Å². The molecule has 3 aliphatic rings. The van der Waals surface area contributed by atoms with Crippen molar-refractivity contribution in [3.05, 3.63) is 48.0 Å². The number of piperidine rings is 1. The van der Waals surface area contributed by atoms with Crippen LogP contribution in [0.5, 0.6) is 0 Å². The van der Waals surface area contributed by atoms with Crippen LogP contribution in [0.25, 0.3) is 0 Å². The molecule has 1 aromatic carbocycles. The second-order valence-electron chi connectivity index (χ2n) is 8.68. The minimum absolute atomic E-state index is 0.0619. The molecule has 1 aromatic rings. The summed E-state index contributed by atoms with van der Waals surface area (Å²) in [5, 5.41) is 0. The highest BCUT2D eigenvalue weighted by Crippen LogP contribution is 2.48. The number of fused-ring (bicyclic) bond motifs is 3. The number of nitrogens with zero attached hydrogens (tertiary/aromatic N) is 1. The number of ether oxygens (including phenoxy) is 2. The molecule has 2 fully saturated rings. The topological polar surface area (TPSA) is 55.8 Å². The molecule has 4 rings (SSSR count). The molecule has 2 saturated heterocycles. The average Bonchev–Trinajstić information content (AvgIpc) is 3.07. The van der Waals surface area contributed by atoms with Gasteiger partial charge >= 0.3 is 5.97 Å². The van der Waals surface area contributed by atoms with Gasteiger partial charge in [-0.3, -0.25) is 9.59 Å². The summed E-state index contributed by atoms with van der Waals surface area (Å²) in [6.45, 7) is 5.98. The minimum Gasteiger partial charge on any atom is -0.459 e. The van der Waals surface area contributed by atoms with Gasteiger partial charge in [0.05, 0.1) is 12.6 Å². The Morgan fingerprint density at radius 1 is 1.11 bits per heavy atom. The molecule has 27 heavy (non-hydrogen) atoms. The molecule has 2 heterocycles. The highest BCUT2D eigenvalue weighted by Gasteiger charge is 2.57. The monoisotopic (exact) mass is 369 g/mol. The number of carbonyl (C=O) groups is 2. The van der Waals surface area contributed by atoms with Crippen LogP contribution in [0.2, 0.25) is 0 Å². The molecule has 5 atom stereocenters. The van der Waals surface area contributed by atoms with Crippen LogP contribution in [0.4, 0.5) is 0 Å². The average molecular weight is 369 g/mol. The van der Waals surface area contributed by atoms with Crippen LogP contribution in [0, 0.1) is 17.8 Å². The zero-order chi connectivity index (χ0) is 19.2. The van der Waals surface area contributed by atoms with E-state index in [-0.39, 0.29) is 30.0 Å². The highest BCUT2D eigenvalue weighted by molar-refractivity contribution is 5.99. The largest absolute Gasteiger partial charge is 0.459 e. The van der Waals surface area contributed by atoms with E-state index >= 15 is 0 Å². The van der Waals surface area contributed by atoms with Gasteiger partial charge in [-0.1, -0.05) is 42.5 Å². The molecule has 1 unspecified atom stereocenters. The van der Waals surface area contributed by atoms with Crippen molar-refractivity contribution in [2.75, 3.05) is 6.61 Å². The summed E-state index contributed by atoms with van der Waals surface area (Å²) < 4.78 is 11.7. The van der Waals surface area contributed by atoms with Gasteiger partial charge in [0.15, 0.2) is 0 Å². The molecule has 5 nitrogen and oxygen atoms in total. The molecule has 144 valence electrons. The smallest absolute Gasteiger partial charge is 0.319 e. The Bertz CT molecular complexity index is 751. The van der Waals surface area contributed by atoms with Crippen LogP contribution in [0.3, 0.4) is 0 Å². The van der Waals surface area contributed by atoms with Gasteiger partial charge in [0.1, 0.15) is 17.7 Å². The summed E-state index contributed by atoms with van der Waals surface area (Å²) >= 11 is 0. The van der Waals surface area contributed by atoms with Gasteiger partial charge in [0.25, 0.3) is 0 Å². The number of rotatable bonds is 2. The summed E-state index contributed by atoms with van der Waals surface area (Å²) in [5.41, 5.74) is 0.426. The molecule has 0 radical (unpaired) electrons. The lowest BCUT2D eigenvalue weighted by molar-refractivity contribution is -0.181. The fourth-order valence-corrected chi connectivity index (χ4v) is 4.62. The molecule has 0 spiro atoms. The van der Waals surface area contributed by atoms with Crippen molar-refractivity contribution in [3.63, 3.8) is 0 Å². The van der Waals surface area contributed by atoms with E-state index in [1.165, 1.54) is 0 Å². The molecule has 0 bridgehead atoms. The third kappa shape index (κ3) is 3.29. The van der Waals surface area contributed by atoms with Gasteiger partial charge in [0, 0.05) is 5.92 Å². The fraction of sp³-hybridized carbons (Fsp3) is 0.545. The van der Waals surface area contributed by atoms with Gasteiger partial charge in [-0.2, -0.15) is 0 Å². The Morgan fingerprint density at radius 3 is 2.44 bits per heavy atom. The van der Waals surface area contributed by atoms with E-state index in [0.29, 0.717) is 13.0 Å². The number of esters is 1. The van der Waals surface area contributed by atoms with Crippen LogP contribution < -0.4 is 0 Å². The van der Waals surface area contributed by atoms with Crippen LogP contribution in [0.1, 0.15) is 45.2 Å². The van der Waals surface area contributed by atoms with Crippen molar-refractivity contribution >= 4 is 11.9 Å². The Morgan fingerprint density at radius 2 is 1.78 bits per heavy atom. The normalized spacial score (nSPS) is 32.8. The number of amides is 1. The summed E-state index contributed by atoms with van der Waals surface area (Å²) in [4.78, 5) is 28.3.